The summed E-state index contributed by atoms with van der Waals surface area (Å²) in [6.45, 7) is 3.03. The number of nitrogens with zero attached hydrogens (tertiary/aromatic N) is 4. The summed E-state index contributed by atoms with van der Waals surface area (Å²) in [7, 11) is 1.83. The molecule has 0 aromatic carbocycles. The van der Waals surface area contributed by atoms with Crippen molar-refractivity contribution in [3.63, 3.8) is 0 Å². The summed E-state index contributed by atoms with van der Waals surface area (Å²) in [5.41, 5.74) is 0.820. The summed E-state index contributed by atoms with van der Waals surface area (Å²) in [5, 5.41) is 10.0. The van der Waals surface area contributed by atoms with Crippen molar-refractivity contribution in [2.24, 2.45) is 7.05 Å². The monoisotopic (exact) mass is 250 g/mol. The number of nitrogens with one attached hydrogen (secondary N) is 2. The molecule has 0 saturated carbocycles. The van der Waals surface area contributed by atoms with E-state index in [-0.39, 0.29) is 5.82 Å². The number of hydrogen-bond acceptors (Lipinski definition) is 5. The van der Waals surface area contributed by atoms with Gasteiger partial charge in [0.15, 0.2) is 11.6 Å². The van der Waals surface area contributed by atoms with Gasteiger partial charge in [0.1, 0.15) is 0 Å². The molecule has 0 radical (unpaired) electrons. The molecule has 0 aliphatic carbocycles. The lowest BCUT2D eigenvalue weighted by molar-refractivity contribution is 0.616. The molecule has 2 rings (SSSR count). The number of aromatic nitrogens is 4. The van der Waals surface area contributed by atoms with Crippen molar-refractivity contribution >= 4 is 11.8 Å². The van der Waals surface area contributed by atoms with Crippen LogP contribution < -0.4 is 10.6 Å². The van der Waals surface area contributed by atoms with E-state index in [2.05, 4.69) is 25.7 Å². The van der Waals surface area contributed by atoms with E-state index in [0.29, 0.717) is 19.0 Å². The Hall–Kier alpha value is -2.18. The highest BCUT2D eigenvalue weighted by Crippen LogP contribution is 2.12. The fourth-order valence-corrected chi connectivity index (χ4v) is 1.47. The Balaban J connectivity index is 2.05. The molecule has 2 N–H and O–H groups in total. The predicted molar refractivity (Wildman–Crippen MR) is 66.7 cm³/mol. The standard InChI is InChI=1S/C11H15FN6/c1-3-13-11-15-7-9(12)10(16-11)14-6-8-4-5-18(2)17-8/h4-5,7H,3,6H2,1-2H3,(H2,13,14,15,16). The SMILES string of the molecule is CCNc1ncc(F)c(NCc2ccn(C)n2)n1. The summed E-state index contributed by atoms with van der Waals surface area (Å²) >= 11 is 0. The molecule has 0 fully saturated rings. The molecule has 0 unspecified atom stereocenters. The molecule has 2 aromatic heterocycles. The second kappa shape index (κ2) is 5.44. The van der Waals surface area contributed by atoms with Gasteiger partial charge < -0.3 is 10.6 Å². The highest BCUT2D eigenvalue weighted by atomic mass is 19.1. The fraction of sp³-hybridized carbons (Fsp3) is 0.364. The molecule has 2 aromatic rings. The van der Waals surface area contributed by atoms with Crippen molar-refractivity contribution in [2.75, 3.05) is 17.2 Å². The van der Waals surface area contributed by atoms with Gasteiger partial charge in [0.2, 0.25) is 5.95 Å². The molecule has 6 nitrogen and oxygen atoms in total. The molecule has 2 heterocycles. The molecule has 7 heteroatoms. The van der Waals surface area contributed by atoms with Gasteiger partial charge in [-0.2, -0.15) is 10.1 Å². The summed E-state index contributed by atoms with van der Waals surface area (Å²) in [6, 6.07) is 1.86. The molecule has 0 bridgehead atoms. The van der Waals surface area contributed by atoms with Crippen LogP contribution >= 0.6 is 0 Å². The zero-order valence-electron chi connectivity index (χ0n) is 10.3. The Labute approximate surface area is 104 Å². The molecular formula is C11H15FN6. The lowest BCUT2D eigenvalue weighted by Gasteiger charge is -2.07. The van der Waals surface area contributed by atoms with E-state index in [1.165, 1.54) is 0 Å². The van der Waals surface area contributed by atoms with Gasteiger partial charge in [-0.3, -0.25) is 4.68 Å². The van der Waals surface area contributed by atoms with Crippen molar-refractivity contribution in [1.82, 2.24) is 19.7 Å². The van der Waals surface area contributed by atoms with E-state index in [0.717, 1.165) is 11.9 Å². The van der Waals surface area contributed by atoms with E-state index in [1.807, 2.05) is 26.2 Å². The average molecular weight is 250 g/mol. The third kappa shape index (κ3) is 2.93. The topological polar surface area (TPSA) is 67.7 Å². The van der Waals surface area contributed by atoms with Crippen LogP contribution in [0.4, 0.5) is 16.2 Å². The van der Waals surface area contributed by atoms with Crippen molar-refractivity contribution < 1.29 is 4.39 Å². The molecule has 0 amide bonds. The number of anilines is 2. The number of rotatable bonds is 5. The minimum atomic E-state index is -0.479. The number of aryl methyl sites for hydroxylation is 1. The van der Waals surface area contributed by atoms with E-state index >= 15 is 0 Å². The lowest BCUT2D eigenvalue weighted by atomic mass is 10.4. The minimum absolute atomic E-state index is 0.173. The minimum Gasteiger partial charge on any atom is -0.362 e. The summed E-state index contributed by atoms with van der Waals surface area (Å²) in [4.78, 5) is 7.87. The van der Waals surface area contributed by atoms with Gasteiger partial charge in [-0.15, -0.1) is 0 Å². The second-order valence-corrected chi connectivity index (χ2v) is 3.75. The third-order valence-electron chi connectivity index (χ3n) is 2.28. The van der Waals surface area contributed by atoms with Crippen LogP contribution in [0.1, 0.15) is 12.6 Å². The Morgan fingerprint density at radius 1 is 1.39 bits per heavy atom. The van der Waals surface area contributed by atoms with Crippen LogP contribution in [0, 0.1) is 5.82 Å². The Bertz CT molecular complexity index is 524. The smallest absolute Gasteiger partial charge is 0.224 e. The van der Waals surface area contributed by atoms with Crippen molar-refractivity contribution in [3.05, 3.63) is 30.0 Å². The van der Waals surface area contributed by atoms with E-state index in [4.69, 9.17) is 0 Å². The maximum atomic E-state index is 13.5. The Morgan fingerprint density at radius 3 is 2.89 bits per heavy atom. The number of halogens is 1. The Kier molecular flexibility index (Phi) is 3.71. The molecule has 0 spiro atoms. The predicted octanol–water partition coefficient (Wildman–Crippen LogP) is 1.39. The van der Waals surface area contributed by atoms with Crippen LogP contribution in [0.3, 0.4) is 0 Å². The fourth-order valence-electron chi connectivity index (χ4n) is 1.47. The van der Waals surface area contributed by atoms with Crippen LogP contribution in [0.5, 0.6) is 0 Å². The lowest BCUT2D eigenvalue weighted by Crippen LogP contribution is -2.08. The highest BCUT2D eigenvalue weighted by Gasteiger charge is 2.06. The van der Waals surface area contributed by atoms with Gasteiger partial charge in [0, 0.05) is 19.8 Å². The molecule has 0 atom stereocenters. The first-order valence-corrected chi connectivity index (χ1v) is 5.68. The van der Waals surface area contributed by atoms with Crippen LogP contribution in [0.15, 0.2) is 18.5 Å². The second-order valence-electron chi connectivity index (χ2n) is 3.75. The van der Waals surface area contributed by atoms with Crippen molar-refractivity contribution in [2.45, 2.75) is 13.5 Å². The van der Waals surface area contributed by atoms with Crippen LogP contribution in [-0.4, -0.2) is 26.3 Å². The molecular weight excluding hydrogens is 235 g/mol. The normalized spacial score (nSPS) is 10.4. The molecule has 0 aliphatic heterocycles. The largest absolute Gasteiger partial charge is 0.362 e. The van der Waals surface area contributed by atoms with Gasteiger partial charge >= 0.3 is 0 Å². The Morgan fingerprint density at radius 2 is 2.22 bits per heavy atom. The number of hydrogen-bond donors (Lipinski definition) is 2. The van der Waals surface area contributed by atoms with Crippen molar-refractivity contribution in [3.8, 4) is 0 Å². The molecule has 96 valence electrons. The van der Waals surface area contributed by atoms with Gasteiger partial charge in [-0.25, -0.2) is 9.37 Å². The van der Waals surface area contributed by atoms with Gasteiger partial charge in [-0.1, -0.05) is 0 Å². The zero-order valence-corrected chi connectivity index (χ0v) is 10.3. The molecule has 0 aliphatic rings. The van der Waals surface area contributed by atoms with Gasteiger partial charge in [0.25, 0.3) is 0 Å². The van der Waals surface area contributed by atoms with Crippen LogP contribution in [-0.2, 0) is 13.6 Å². The average Bonchev–Trinajstić information content (AvgIpc) is 2.76. The van der Waals surface area contributed by atoms with Crippen LogP contribution in [0.25, 0.3) is 0 Å². The third-order valence-corrected chi connectivity index (χ3v) is 2.28. The van der Waals surface area contributed by atoms with Crippen molar-refractivity contribution in [1.29, 1.82) is 0 Å². The first kappa shape index (κ1) is 12.3. The highest BCUT2D eigenvalue weighted by molar-refractivity contribution is 5.41. The van der Waals surface area contributed by atoms with E-state index in [9.17, 15) is 4.39 Å². The van der Waals surface area contributed by atoms with E-state index in [1.54, 1.807) is 4.68 Å². The first-order valence-electron chi connectivity index (χ1n) is 5.68. The summed E-state index contributed by atoms with van der Waals surface area (Å²) < 4.78 is 15.2. The maximum Gasteiger partial charge on any atom is 0.224 e. The zero-order chi connectivity index (χ0) is 13.0. The quantitative estimate of drug-likeness (QED) is 0.839. The van der Waals surface area contributed by atoms with Gasteiger partial charge in [0.05, 0.1) is 18.4 Å². The molecule has 18 heavy (non-hydrogen) atoms. The van der Waals surface area contributed by atoms with E-state index < -0.39 is 5.82 Å². The summed E-state index contributed by atoms with van der Waals surface area (Å²) in [5.74, 6) is 0.0987. The summed E-state index contributed by atoms with van der Waals surface area (Å²) in [6.07, 6.45) is 2.98. The van der Waals surface area contributed by atoms with Crippen LogP contribution in [0.2, 0.25) is 0 Å². The van der Waals surface area contributed by atoms with Gasteiger partial charge in [-0.05, 0) is 13.0 Å². The maximum absolute atomic E-state index is 13.5. The molecule has 0 saturated heterocycles. The first-order chi connectivity index (χ1) is 8.69.